The third-order valence-corrected chi connectivity index (χ3v) is 2.93. The summed E-state index contributed by atoms with van der Waals surface area (Å²) in [5.74, 6) is 1.20. The Morgan fingerprint density at radius 2 is 1.70 bits per heavy atom. The highest BCUT2D eigenvalue weighted by Crippen LogP contribution is 2.16. The number of hydrogen-bond acceptors (Lipinski definition) is 4. The van der Waals surface area contributed by atoms with E-state index in [9.17, 15) is 4.79 Å². The third kappa shape index (κ3) is 5.14. The highest BCUT2D eigenvalue weighted by molar-refractivity contribution is 6.07. The molecule has 0 radical (unpaired) electrons. The van der Waals surface area contributed by atoms with Gasteiger partial charge in [0, 0.05) is 5.56 Å². The van der Waals surface area contributed by atoms with E-state index < -0.39 is 6.09 Å². The molecular formula is C18H20N2O3. The van der Waals surface area contributed by atoms with Crippen LogP contribution in [0.2, 0.25) is 0 Å². The van der Waals surface area contributed by atoms with Gasteiger partial charge < -0.3 is 9.47 Å². The van der Waals surface area contributed by atoms with Gasteiger partial charge in [-0.05, 0) is 50.2 Å². The van der Waals surface area contributed by atoms with E-state index in [1.807, 2.05) is 61.5 Å². The number of rotatable bonds is 5. The summed E-state index contributed by atoms with van der Waals surface area (Å²) >= 11 is 0. The number of benzene rings is 2. The maximum absolute atomic E-state index is 11.7. The Kier molecular flexibility index (Phi) is 6.17. The van der Waals surface area contributed by atoms with E-state index in [-0.39, 0.29) is 0 Å². The van der Waals surface area contributed by atoms with Crippen molar-refractivity contribution in [1.82, 2.24) is 5.32 Å². The van der Waals surface area contributed by atoms with E-state index in [0.717, 1.165) is 17.0 Å². The summed E-state index contributed by atoms with van der Waals surface area (Å²) in [4.78, 5) is 16.2. The van der Waals surface area contributed by atoms with Gasteiger partial charge in [0.05, 0.1) is 18.9 Å². The van der Waals surface area contributed by atoms with Gasteiger partial charge in [0.1, 0.15) is 11.6 Å². The van der Waals surface area contributed by atoms with E-state index in [1.54, 1.807) is 6.92 Å². The monoisotopic (exact) mass is 312 g/mol. The minimum atomic E-state index is -0.531. The first-order chi connectivity index (χ1) is 11.2. The number of nitrogens with one attached hydrogen (secondary N) is 1. The molecule has 5 heteroatoms. The van der Waals surface area contributed by atoms with Crippen molar-refractivity contribution >= 4 is 17.6 Å². The summed E-state index contributed by atoms with van der Waals surface area (Å²) in [5.41, 5.74) is 1.51. The second-order valence-corrected chi connectivity index (χ2v) is 4.60. The zero-order chi connectivity index (χ0) is 16.5. The first-order valence-corrected chi connectivity index (χ1v) is 7.53. The Morgan fingerprint density at radius 3 is 2.30 bits per heavy atom. The number of alkyl carbamates (subject to hydrolysis) is 1. The van der Waals surface area contributed by atoms with Crippen molar-refractivity contribution < 1.29 is 14.3 Å². The molecule has 0 aromatic heterocycles. The summed E-state index contributed by atoms with van der Waals surface area (Å²) < 4.78 is 10.4. The van der Waals surface area contributed by atoms with E-state index >= 15 is 0 Å². The van der Waals surface area contributed by atoms with E-state index in [0.29, 0.717) is 19.0 Å². The number of nitrogens with zero attached hydrogens (tertiary/aromatic N) is 1. The predicted molar refractivity (Wildman–Crippen MR) is 90.4 cm³/mol. The third-order valence-electron chi connectivity index (χ3n) is 2.93. The summed E-state index contributed by atoms with van der Waals surface area (Å²) in [5, 5.41) is 2.68. The number of carbonyl (C=O) groups is 1. The van der Waals surface area contributed by atoms with E-state index in [2.05, 4.69) is 10.3 Å². The second kappa shape index (κ2) is 8.58. The van der Waals surface area contributed by atoms with Gasteiger partial charge in [-0.1, -0.05) is 18.2 Å². The van der Waals surface area contributed by atoms with Crippen LogP contribution in [0.25, 0.3) is 0 Å². The Morgan fingerprint density at radius 1 is 1.00 bits per heavy atom. The van der Waals surface area contributed by atoms with E-state index in [4.69, 9.17) is 9.47 Å². The van der Waals surface area contributed by atoms with Crippen LogP contribution in [0.5, 0.6) is 5.75 Å². The van der Waals surface area contributed by atoms with Gasteiger partial charge in [-0.3, -0.25) is 5.32 Å². The van der Waals surface area contributed by atoms with Crippen LogP contribution in [0.4, 0.5) is 10.5 Å². The van der Waals surface area contributed by atoms with Crippen molar-refractivity contribution in [3.63, 3.8) is 0 Å². The maximum Gasteiger partial charge on any atom is 0.412 e. The van der Waals surface area contributed by atoms with Gasteiger partial charge in [-0.2, -0.15) is 0 Å². The van der Waals surface area contributed by atoms with Gasteiger partial charge in [0.15, 0.2) is 0 Å². The minimum absolute atomic E-state index is 0.299. The van der Waals surface area contributed by atoms with Crippen LogP contribution in [0, 0.1) is 0 Å². The molecule has 0 heterocycles. The fourth-order valence-corrected chi connectivity index (χ4v) is 1.94. The lowest BCUT2D eigenvalue weighted by atomic mass is 10.2. The topological polar surface area (TPSA) is 59.9 Å². The molecule has 2 rings (SSSR count). The SMILES string of the molecule is CCOC(=O)NC(=Nc1ccccc1)c1ccc(OCC)cc1. The Bertz CT molecular complexity index is 652. The molecule has 0 spiro atoms. The number of aliphatic imine (C=N–C) groups is 1. The maximum atomic E-state index is 11.7. The predicted octanol–water partition coefficient (Wildman–Crippen LogP) is 3.91. The van der Waals surface area contributed by atoms with Crippen LogP contribution in [-0.2, 0) is 4.74 Å². The van der Waals surface area contributed by atoms with Crippen LogP contribution >= 0.6 is 0 Å². The van der Waals surface area contributed by atoms with Gasteiger partial charge in [0.25, 0.3) is 0 Å². The average molecular weight is 312 g/mol. The molecule has 0 saturated carbocycles. The molecular weight excluding hydrogens is 292 g/mol. The number of carbonyl (C=O) groups excluding carboxylic acids is 1. The molecule has 0 bridgehead atoms. The molecule has 0 atom stereocenters. The lowest BCUT2D eigenvalue weighted by Crippen LogP contribution is -2.31. The number of amidine groups is 1. The lowest BCUT2D eigenvalue weighted by Gasteiger charge is -2.10. The second-order valence-electron chi connectivity index (χ2n) is 4.60. The van der Waals surface area contributed by atoms with Crippen LogP contribution < -0.4 is 10.1 Å². The fourth-order valence-electron chi connectivity index (χ4n) is 1.94. The van der Waals surface area contributed by atoms with Crippen molar-refractivity contribution in [3.8, 4) is 5.75 Å². The molecule has 1 N–H and O–H groups in total. The number of ether oxygens (including phenoxy) is 2. The molecule has 0 saturated heterocycles. The molecule has 23 heavy (non-hydrogen) atoms. The van der Waals surface area contributed by atoms with Crippen LogP contribution in [0.15, 0.2) is 59.6 Å². The largest absolute Gasteiger partial charge is 0.494 e. The molecule has 0 fully saturated rings. The van der Waals surface area contributed by atoms with Crippen LogP contribution in [0.1, 0.15) is 19.4 Å². The van der Waals surface area contributed by atoms with Gasteiger partial charge in [0.2, 0.25) is 0 Å². The number of amides is 1. The van der Waals surface area contributed by atoms with Gasteiger partial charge in [-0.15, -0.1) is 0 Å². The molecule has 0 aliphatic heterocycles. The quantitative estimate of drug-likeness (QED) is 0.672. The summed E-state index contributed by atoms with van der Waals surface area (Å²) in [6.07, 6.45) is -0.531. The lowest BCUT2D eigenvalue weighted by molar-refractivity contribution is 0.158. The molecule has 120 valence electrons. The summed E-state index contributed by atoms with van der Waals surface area (Å²) in [7, 11) is 0. The summed E-state index contributed by atoms with van der Waals surface area (Å²) in [6, 6.07) is 16.8. The molecule has 5 nitrogen and oxygen atoms in total. The number of para-hydroxylation sites is 1. The van der Waals surface area contributed by atoms with Crippen LogP contribution in [0.3, 0.4) is 0 Å². The minimum Gasteiger partial charge on any atom is -0.494 e. The van der Waals surface area contributed by atoms with E-state index in [1.165, 1.54) is 0 Å². The smallest absolute Gasteiger partial charge is 0.412 e. The van der Waals surface area contributed by atoms with Crippen molar-refractivity contribution in [2.75, 3.05) is 13.2 Å². The normalized spacial score (nSPS) is 11.0. The Labute approximate surface area is 136 Å². The Balaban J connectivity index is 2.28. The zero-order valence-corrected chi connectivity index (χ0v) is 13.3. The van der Waals surface area contributed by atoms with Gasteiger partial charge >= 0.3 is 6.09 Å². The molecule has 2 aromatic rings. The average Bonchev–Trinajstić information content (AvgIpc) is 2.56. The first-order valence-electron chi connectivity index (χ1n) is 7.53. The molecule has 0 unspecified atom stereocenters. The highest BCUT2D eigenvalue weighted by atomic mass is 16.5. The van der Waals surface area contributed by atoms with Gasteiger partial charge in [-0.25, -0.2) is 9.79 Å². The van der Waals surface area contributed by atoms with Crippen molar-refractivity contribution in [2.24, 2.45) is 4.99 Å². The fraction of sp³-hybridized carbons (Fsp3) is 0.222. The first kappa shape index (κ1) is 16.5. The molecule has 1 amide bonds. The molecule has 0 aliphatic carbocycles. The van der Waals surface area contributed by atoms with Crippen molar-refractivity contribution in [2.45, 2.75) is 13.8 Å². The van der Waals surface area contributed by atoms with Crippen LogP contribution in [-0.4, -0.2) is 25.1 Å². The zero-order valence-electron chi connectivity index (χ0n) is 13.3. The highest BCUT2D eigenvalue weighted by Gasteiger charge is 2.10. The molecule has 2 aromatic carbocycles. The summed E-state index contributed by atoms with van der Waals surface area (Å²) in [6.45, 7) is 4.59. The number of hydrogen-bond donors (Lipinski definition) is 1. The van der Waals surface area contributed by atoms with Crippen molar-refractivity contribution in [3.05, 3.63) is 60.2 Å². The van der Waals surface area contributed by atoms with Crippen molar-refractivity contribution in [1.29, 1.82) is 0 Å². The Hall–Kier alpha value is -2.82. The molecule has 0 aliphatic rings. The standard InChI is InChI=1S/C18H20N2O3/c1-3-22-16-12-10-14(11-13-16)17(20-18(21)23-4-2)19-15-8-6-5-7-9-15/h5-13H,3-4H2,1-2H3,(H,19,20,21).